The highest BCUT2D eigenvalue weighted by atomic mass is 15.0. The molecule has 0 spiro atoms. The van der Waals surface area contributed by atoms with E-state index in [1.54, 1.807) is 0 Å². The van der Waals surface area contributed by atoms with Crippen LogP contribution >= 0.6 is 0 Å². The molecule has 2 aromatic carbocycles. The first-order chi connectivity index (χ1) is 12.4. The van der Waals surface area contributed by atoms with Gasteiger partial charge in [-0.1, -0.05) is 63.2 Å². The van der Waals surface area contributed by atoms with Crippen LogP contribution in [0.2, 0.25) is 0 Å². The van der Waals surface area contributed by atoms with Gasteiger partial charge in [-0.3, -0.25) is 4.99 Å². The largest absolute Gasteiger partial charge is 0.318 e. The van der Waals surface area contributed by atoms with E-state index in [0.29, 0.717) is 6.54 Å². The molecule has 3 aromatic rings. The summed E-state index contributed by atoms with van der Waals surface area (Å²) < 4.78 is 2.30. The van der Waals surface area contributed by atoms with E-state index in [1.165, 1.54) is 33.8 Å². The Balaban J connectivity index is 1.84. The molecule has 1 heterocycles. The van der Waals surface area contributed by atoms with Gasteiger partial charge in [0.2, 0.25) is 0 Å². The van der Waals surface area contributed by atoms with Crippen LogP contribution in [0.4, 0.5) is 0 Å². The minimum atomic E-state index is 0.175. The molecule has 0 saturated heterocycles. The third-order valence-electron chi connectivity index (χ3n) is 4.81. The van der Waals surface area contributed by atoms with Crippen LogP contribution in [0.15, 0.2) is 65.7 Å². The van der Waals surface area contributed by atoms with E-state index in [4.69, 9.17) is 0 Å². The van der Waals surface area contributed by atoms with E-state index in [9.17, 15) is 0 Å². The third-order valence-corrected chi connectivity index (χ3v) is 4.81. The van der Waals surface area contributed by atoms with Gasteiger partial charge in [-0.25, -0.2) is 0 Å². The standard InChI is InChI=1S/C24H28N2/c1-18-15-21(17-25-16-20-9-7-6-8-10-20)19(2)26(18)23-13-11-22(12-14-23)24(3,4)5/h6-15,17H,16H2,1-5H3. The zero-order valence-electron chi connectivity index (χ0n) is 16.5. The molecule has 2 heteroatoms. The van der Waals surface area contributed by atoms with Crippen molar-refractivity contribution in [3.63, 3.8) is 0 Å². The molecule has 26 heavy (non-hydrogen) atoms. The highest BCUT2D eigenvalue weighted by Gasteiger charge is 2.14. The van der Waals surface area contributed by atoms with Gasteiger partial charge in [-0.05, 0) is 48.6 Å². The summed E-state index contributed by atoms with van der Waals surface area (Å²) in [6.07, 6.45) is 2.00. The van der Waals surface area contributed by atoms with Crippen molar-refractivity contribution in [1.82, 2.24) is 4.57 Å². The molecule has 0 radical (unpaired) electrons. The molecule has 0 N–H and O–H groups in total. The lowest BCUT2D eigenvalue weighted by Gasteiger charge is -2.20. The van der Waals surface area contributed by atoms with Crippen LogP contribution in [0.1, 0.15) is 48.8 Å². The second-order valence-corrected chi connectivity index (χ2v) is 7.91. The van der Waals surface area contributed by atoms with Crippen LogP contribution in [-0.2, 0) is 12.0 Å². The summed E-state index contributed by atoms with van der Waals surface area (Å²) in [5.41, 5.74) is 7.60. The first-order valence-corrected chi connectivity index (χ1v) is 9.20. The maximum Gasteiger partial charge on any atom is 0.0639 e. The van der Waals surface area contributed by atoms with Crippen molar-refractivity contribution in [2.75, 3.05) is 0 Å². The quantitative estimate of drug-likeness (QED) is 0.516. The fraction of sp³-hybridized carbons (Fsp3) is 0.292. The van der Waals surface area contributed by atoms with Crippen molar-refractivity contribution < 1.29 is 0 Å². The van der Waals surface area contributed by atoms with E-state index < -0.39 is 0 Å². The molecule has 134 valence electrons. The molecule has 0 aliphatic heterocycles. The number of hydrogen-bond acceptors (Lipinski definition) is 1. The fourth-order valence-electron chi connectivity index (χ4n) is 3.26. The van der Waals surface area contributed by atoms with Gasteiger partial charge in [-0.2, -0.15) is 0 Å². The molecule has 2 nitrogen and oxygen atoms in total. The van der Waals surface area contributed by atoms with Gasteiger partial charge in [0.1, 0.15) is 0 Å². The SMILES string of the molecule is Cc1cc(C=NCc2ccccc2)c(C)n1-c1ccc(C(C)(C)C)cc1. The maximum absolute atomic E-state index is 4.63. The molecule has 0 unspecified atom stereocenters. The summed E-state index contributed by atoms with van der Waals surface area (Å²) >= 11 is 0. The minimum Gasteiger partial charge on any atom is -0.318 e. The molecule has 0 saturated carbocycles. The zero-order chi connectivity index (χ0) is 18.7. The lowest BCUT2D eigenvalue weighted by molar-refractivity contribution is 0.590. The van der Waals surface area contributed by atoms with Crippen LogP contribution in [0, 0.1) is 13.8 Å². The summed E-state index contributed by atoms with van der Waals surface area (Å²) in [6, 6.07) is 21.5. The Labute approximate surface area is 157 Å². The molecule has 0 amide bonds. The van der Waals surface area contributed by atoms with Crippen molar-refractivity contribution in [3.05, 3.63) is 88.7 Å². The van der Waals surface area contributed by atoms with Crippen molar-refractivity contribution >= 4 is 6.21 Å². The van der Waals surface area contributed by atoms with Gasteiger partial charge in [0, 0.05) is 28.9 Å². The number of rotatable bonds is 4. The average molecular weight is 345 g/mol. The van der Waals surface area contributed by atoms with E-state index >= 15 is 0 Å². The number of nitrogens with zero attached hydrogens (tertiary/aromatic N) is 2. The Morgan fingerprint density at radius 1 is 0.923 bits per heavy atom. The summed E-state index contributed by atoms with van der Waals surface area (Å²) in [7, 11) is 0. The van der Waals surface area contributed by atoms with Gasteiger partial charge in [0.05, 0.1) is 6.54 Å². The lowest BCUT2D eigenvalue weighted by Crippen LogP contribution is -2.11. The van der Waals surface area contributed by atoms with Gasteiger partial charge < -0.3 is 4.57 Å². The van der Waals surface area contributed by atoms with E-state index in [2.05, 4.69) is 98.8 Å². The Morgan fingerprint density at radius 2 is 1.58 bits per heavy atom. The average Bonchev–Trinajstić information content (AvgIpc) is 2.89. The fourth-order valence-corrected chi connectivity index (χ4v) is 3.26. The van der Waals surface area contributed by atoms with Crippen molar-refractivity contribution in [1.29, 1.82) is 0 Å². The first-order valence-electron chi connectivity index (χ1n) is 9.20. The van der Waals surface area contributed by atoms with E-state index in [0.717, 1.165) is 0 Å². The molecule has 0 atom stereocenters. The Kier molecular flexibility index (Phi) is 5.13. The summed E-state index contributed by atoms with van der Waals surface area (Å²) in [5, 5.41) is 0. The molecule has 0 fully saturated rings. The highest BCUT2D eigenvalue weighted by Crippen LogP contribution is 2.25. The number of aromatic nitrogens is 1. The summed E-state index contributed by atoms with van der Waals surface area (Å²) in [5.74, 6) is 0. The molecular weight excluding hydrogens is 316 g/mol. The monoisotopic (exact) mass is 344 g/mol. The minimum absolute atomic E-state index is 0.175. The Morgan fingerprint density at radius 3 is 2.19 bits per heavy atom. The summed E-state index contributed by atoms with van der Waals surface area (Å²) in [4.78, 5) is 4.63. The molecule has 0 aliphatic rings. The van der Waals surface area contributed by atoms with Crippen LogP contribution in [0.5, 0.6) is 0 Å². The number of aliphatic imine (C=N–C) groups is 1. The molecule has 0 bridgehead atoms. The van der Waals surface area contributed by atoms with Gasteiger partial charge in [0.15, 0.2) is 0 Å². The predicted molar refractivity (Wildman–Crippen MR) is 112 cm³/mol. The maximum atomic E-state index is 4.63. The number of aryl methyl sites for hydroxylation is 1. The predicted octanol–water partition coefficient (Wildman–Crippen LogP) is 6.01. The topological polar surface area (TPSA) is 17.3 Å². The normalized spacial score (nSPS) is 12.0. The molecule has 1 aromatic heterocycles. The molecule has 0 aliphatic carbocycles. The number of benzene rings is 2. The van der Waals surface area contributed by atoms with Gasteiger partial charge in [-0.15, -0.1) is 0 Å². The lowest BCUT2D eigenvalue weighted by atomic mass is 9.87. The Bertz CT molecular complexity index is 892. The Hall–Kier alpha value is -2.61. The molecular formula is C24H28N2. The van der Waals surface area contributed by atoms with E-state index in [1.807, 2.05) is 12.3 Å². The second-order valence-electron chi connectivity index (χ2n) is 7.91. The third kappa shape index (κ3) is 3.96. The smallest absolute Gasteiger partial charge is 0.0639 e. The van der Waals surface area contributed by atoms with Crippen LogP contribution in [0.25, 0.3) is 5.69 Å². The van der Waals surface area contributed by atoms with Crippen LogP contribution in [0.3, 0.4) is 0 Å². The second kappa shape index (κ2) is 7.33. The number of hydrogen-bond donors (Lipinski definition) is 0. The highest BCUT2D eigenvalue weighted by molar-refractivity contribution is 5.82. The van der Waals surface area contributed by atoms with Crippen molar-refractivity contribution in [2.45, 2.75) is 46.6 Å². The van der Waals surface area contributed by atoms with Gasteiger partial charge >= 0.3 is 0 Å². The van der Waals surface area contributed by atoms with Crippen molar-refractivity contribution in [3.8, 4) is 5.69 Å². The van der Waals surface area contributed by atoms with Crippen LogP contribution in [-0.4, -0.2) is 10.8 Å². The van der Waals surface area contributed by atoms with Crippen molar-refractivity contribution in [2.24, 2.45) is 4.99 Å². The first kappa shape index (κ1) is 18.2. The van der Waals surface area contributed by atoms with E-state index in [-0.39, 0.29) is 5.41 Å². The van der Waals surface area contributed by atoms with Gasteiger partial charge in [0.25, 0.3) is 0 Å². The molecule has 3 rings (SSSR count). The zero-order valence-corrected chi connectivity index (χ0v) is 16.5. The van der Waals surface area contributed by atoms with Crippen LogP contribution < -0.4 is 0 Å². The summed E-state index contributed by atoms with van der Waals surface area (Å²) in [6.45, 7) is 11.8.